The van der Waals surface area contributed by atoms with E-state index in [1.165, 1.54) is 167 Å². The van der Waals surface area contributed by atoms with Crippen molar-refractivity contribution in [2.75, 3.05) is 13.1 Å². The molecule has 1 heteroatoms. The zero-order valence-corrected chi connectivity index (χ0v) is 23.6. The predicted octanol–water partition coefficient (Wildman–Crippen LogP) is 10.9. The van der Waals surface area contributed by atoms with Crippen LogP contribution in [0.25, 0.3) is 0 Å². The van der Waals surface area contributed by atoms with Gasteiger partial charge in [0.25, 0.3) is 0 Å². The lowest BCUT2D eigenvalue weighted by atomic mass is 9.76. The molecule has 0 spiro atoms. The van der Waals surface area contributed by atoms with Crippen molar-refractivity contribution < 1.29 is 0 Å². The molecule has 0 heterocycles. The highest BCUT2D eigenvalue weighted by molar-refractivity contribution is 4.76. The normalized spacial score (nSPS) is 24.5. The third-order valence-electron chi connectivity index (χ3n) is 8.61. The molecule has 1 saturated carbocycles. The topological polar surface area (TPSA) is 12.0 Å². The standard InChI is InChI=1S/C32H65N/c1-4-7-21-26-32(29-33-27-8-5-2)31-25-23-20-18-16-14-12-10-9-11-13-15-17-19-22-24-30(6-3)28-31/h30-33H,4-29H2,1-3H3. The molecule has 1 aliphatic carbocycles. The van der Waals surface area contributed by atoms with Gasteiger partial charge in [0.05, 0.1) is 0 Å². The van der Waals surface area contributed by atoms with Crippen LogP contribution in [0, 0.1) is 17.8 Å². The second-order valence-electron chi connectivity index (χ2n) is 11.6. The number of unbranched alkanes of at least 4 members (excludes halogenated alkanes) is 3. The first-order chi connectivity index (χ1) is 16.3. The van der Waals surface area contributed by atoms with Gasteiger partial charge in [0.1, 0.15) is 0 Å². The van der Waals surface area contributed by atoms with Crippen molar-refractivity contribution in [3.63, 3.8) is 0 Å². The minimum atomic E-state index is 0.913. The Hall–Kier alpha value is -0.0400. The molecule has 33 heavy (non-hydrogen) atoms. The lowest BCUT2D eigenvalue weighted by Crippen LogP contribution is -2.30. The van der Waals surface area contributed by atoms with Gasteiger partial charge >= 0.3 is 0 Å². The molecular weight excluding hydrogens is 398 g/mol. The molecule has 0 aliphatic heterocycles. The van der Waals surface area contributed by atoms with Crippen LogP contribution in [-0.2, 0) is 0 Å². The monoisotopic (exact) mass is 464 g/mol. The number of rotatable bonds is 11. The van der Waals surface area contributed by atoms with Crippen molar-refractivity contribution in [2.24, 2.45) is 17.8 Å². The summed E-state index contributed by atoms with van der Waals surface area (Å²) in [6, 6.07) is 0. The van der Waals surface area contributed by atoms with Crippen LogP contribution < -0.4 is 5.32 Å². The van der Waals surface area contributed by atoms with Gasteiger partial charge in [-0.25, -0.2) is 0 Å². The van der Waals surface area contributed by atoms with E-state index < -0.39 is 0 Å². The first-order valence-electron chi connectivity index (χ1n) is 16.0. The smallest absolute Gasteiger partial charge is 0.00179 e. The van der Waals surface area contributed by atoms with E-state index in [0.717, 1.165) is 17.8 Å². The Balaban J connectivity index is 2.69. The van der Waals surface area contributed by atoms with Crippen molar-refractivity contribution in [3.05, 3.63) is 0 Å². The fraction of sp³-hybridized carbons (Fsp3) is 1.00. The molecule has 1 rings (SSSR count). The second kappa shape index (κ2) is 23.7. The highest BCUT2D eigenvalue weighted by Crippen LogP contribution is 2.33. The zero-order chi connectivity index (χ0) is 23.8. The Morgan fingerprint density at radius 3 is 1.64 bits per heavy atom. The van der Waals surface area contributed by atoms with Crippen LogP contribution in [0.1, 0.15) is 175 Å². The fourth-order valence-electron chi connectivity index (χ4n) is 6.17. The maximum atomic E-state index is 3.88. The quantitative estimate of drug-likeness (QED) is 0.300. The Bertz CT molecular complexity index is 379. The average molecular weight is 464 g/mol. The van der Waals surface area contributed by atoms with E-state index in [1.54, 1.807) is 0 Å². The van der Waals surface area contributed by atoms with Gasteiger partial charge in [-0.2, -0.15) is 0 Å². The summed E-state index contributed by atoms with van der Waals surface area (Å²) in [7, 11) is 0. The van der Waals surface area contributed by atoms with Gasteiger partial charge in [0, 0.05) is 0 Å². The predicted molar refractivity (Wildman–Crippen MR) is 151 cm³/mol. The summed E-state index contributed by atoms with van der Waals surface area (Å²) in [5, 5.41) is 3.88. The third kappa shape index (κ3) is 18.0. The molecule has 1 fully saturated rings. The summed E-state index contributed by atoms with van der Waals surface area (Å²) >= 11 is 0. The molecule has 0 radical (unpaired) electrons. The van der Waals surface area contributed by atoms with Gasteiger partial charge in [-0.05, 0) is 50.1 Å². The maximum absolute atomic E-state index is 3.88. The van der Waals surface area contributed by atoms with Crippen molar-refractivity contribution in [2.45, 2.75) is 175 Å². The van der Waals surface area contributed by atoms with Crippen LogP contribution in [0.15, 0.2) is 0 Å². The van der Waals surface area contributed by atoms with E-state index >= 15 is 0 Å². The molecule has 0 amide bonds. The Kier molecular flexibility index (Phi) is 22.2. The molecule has 3 atom stereocenters. The Morgan fingerprint density at radius 2 is 1.12 bits per heavy atom. The van der Waals surface area contributed by atoms with Crippen molar-refractivity contribution in [3.8, 4) is 0 Å². The molecule has 1 nitrogen and oxygen atoms in total. The number of nitrogens with one attached hydrogen (secondary N) is 1. The number of hydrogen-bond donors (Lipinski definition) is 1. The van der Waals surface area contributed by atoms with E-state index in [9.17, 15) is 0 Å². The lowest BCUT2D eigenvalue weighted by molar-refractivity contribution is 0.212. The molecule has 0 saturated heterocycles. The van der Waals surface area contributed by atoms with Gasteiger partial charge < -0.3 is 5.32 Å². The van der Waals surface area contributed by atoms with Crippen molar-refractivity contribution in [1.82, 2.24) is 5.32 Å². The lowest BCUT2D eigenvalue weighted by Gasteiger charge is -2.31. The molecule has 0 bridgehead atoms. The number of hydrogen-bond acceptors (Lipinski definition) is 1. The third-order valence-corrected chi connectivity index (χ3v) is 8.61. The molecule has 3 unspecified atom stereocenters. The van der Waals surface area contributed by atoms with E-state index in [0.29, 0.717) is 0 Å². The minimum Gasteiger partial charge on any atom is -0.316 e. The van der Waals surface area contributed by atoms with E-state index in [-0.39, 0.29) is 0 Å². The Morgan fingerprint density at radius 1 is 0.606 bits per heavy atom. The van der Waals surface area contributed by atoms with Gasteiger partial charge in [-0.15, -0.1) is 0 Å². The van der Waals surface area contributed by atoms with Gasteiger partial charge in [0.15, 0.2) is 0 Å². The van der Waals surface area contributed by atoms with Gasteiger partial charge in [0.2, 0.25) is 0 Å². The summed E-state index contributed by atoms with van der Waals surface area (Å²) in [4.78, 5) is 0. The first kappa shape index (κ1) is 31.0. The fourth-order valence-corrected chi connectivity index (χ4v) is 6.17. The van der Waals surface area contributed by atoms with Crippen LogP contribution in [0.4, 0.5) is 0 Å². The van der Waals surface area contributed by atoms with E-state index in [1.807, 2.05) is 0 Å². The largest absolute Gasteiger partial charge is 0.316 e. The summed E-state index contributed by atoms with van der Waals surface area (Å²) in [6.45, 7) is 9.66. The molecular formula is C32H65N. The molecule has 198 valence electrons. The van der Waals surface area contributed by atoms with Crippen molar-refractivity contribution >= 4 is 0 Å². The highest BCUT2D eigenvalue weighted by atomic mass is 14.9. The summed E-state index contributed by atoms with van der Waals surface area (Å²) in [5.41, 5.74) is 0. The summed E-state index contributed by atoms with van der Waals surface area (Å²) in [6.07, 6.45) is 35.1. The summed E-state index contributed by atoms with van der Waals surface area (Å²) in [5.74, 6) is 2.85. The van der Waals surface area contributed by atoms with Crippen molar-refractivity contribution in [1.29, 1.82) is 0 Å². The highest BCUT2D eigenvalue weighted by Gasteiger charge is 2.24. The van der Waals surface area contributed by atoms with Crippen LogP contribution in [0.2, 0.25) is 0 Å². The van der Waals surface area contributed by atoms with Crippen LogP contribution >= 0.6 is 0 Å². The summed E-state index contributed by atoms with van der Waals surface area (Å²) < 4.78 is 0. The van der Waals surface area contributed by atoms with Crippen LogP contribution in [-0.4, -0.2) is 13.1 Å². The van der Waals surface area contributed by atoms with Gasteiger partial charge in [-0.3, -0.25) is 0 Å². The van der Waals surface area contributed by atoms with E-state index in [4.69, 9.17) is 0 Å². The molecule has 0 aromatic heterocycles. The van der Waals surface area contributed by atoms with E-state index in [2.05, 4.69) is 26.1 Å². The zero-order valence-electron chi connectivity index (χ0n) is 23.6. The minimum absolute atomic E-state index is 0.913. The Labute approximate surface area is 211 Å². The second-order valence-corrected chi connectivity index (χ2v) is 11.6. The molecule has 0 aromatic rings. The first-order valence-corrected chi connectivity index (χ1v) is 16.0. The van der Waals surface area contributed by atoms with Crippen LogP contribution in [0.3, 0.4) is 0 Å². The average Bonchev–Trinajstić information content (AvgIpc) is 2.83. The van der Waals surface area contributed by atoms with Crippen LogP contribution in [0.5, 0.6) is 0 Å². The maximum Gasteiger partial charge on any atom is -0.00179 e. The molecule has 0 aromatic carbocycles. The van der Waals surface area contributed by atoms with Gasteiger partial charge in [-0.1, -0.05) is 156 Å². The molecule has 1 N–H and O–H groups in total. The SMILES string of the molecule is CCCCCC(CNCCCC)C1CCCCCCCCCCCCCCCCC(CC)C1. The molecule has 1 aliphatic rings.